The topological polar surface area (TPSA) is 29.3 Å². The number of hydrogen-bond acceptors (Lipinski definition) is 2. The largest absolute Gasteiger partial charge is 0.366 e. The minimum atomic E-state index is -0.0962. The van der Waals surface area contributed by atoms with Gasteiger partial charge in [-0.15, -0.1) is 0 Å². The van der Waals surface area contributed by atoms with E-state index in [0.29, 0.717) is 6.04 Å². The van der Waals surface area contributed by atoms with Crippen LogP contribution >= 0.6 is 0 Å². The molecule has 19 heavy (non-hydrogen) atoms. The molecule has 1 unspecified atom stereocenters. The summed E-state index contributed by atoms with van der Waals surface area (Å²) in [6.07, 6.45) is 5.37. The van der Waals surface area contributed by atoms with Crippen molar-refractivity contribution in [3.8, 4) is 0 Å². The Balaban J connectivity index is 2.28. The van der Waals surface area contributed by atoms with E-state index in [-0.39, 0.29) is 11.9 Å². The summed E-state index contributed by atoms with van der Waals surface area (Å²) in [5, 5.41) is 0. The van der Waals surface area contributed by atoms with Crippen LogP contribution in [0.4, 0.5) is 10.1 Å². The van der Waals surface area contributed by atoms with E-state index in [2.05, 4.69) is 11.8 Å². The predicted molar refractivity (Wildman–Crippen MR) is 79.0 cm³/mol. The second-order valence-corrected chi connectivity index (χ2v) is 5.71. The van der Waals surface area contributed by atoms with Crippen molar-refractivity contribution in [3.05, 3.63) is 29.6 Å². The van der Waals surface area contributed by atoms with Gasteiger partial charge < -0.3 is 10.6 Å². The average Bonchev–Trinajstić information content (AvgIpc) is 3.16. The Labute approximate surface area is 115 Å². The molecule has 1 aromatic carbocycles. The Morgan fingerprint density at radius 3 is 2.74 bits per heavy atom. The molecular formula is C16H25FN2. The second-order valence-electron chi connectivity index (χ2n) is 5.71. The van der Waals surface area contributed by atoms with Gasteiger partial charge >= 0.3 is 0 Å². The summed E-state index contributed by atoms with van der Waals surface area (Å²) in [6, 6.07) is 5.98. The van der Waals surface area contributed by atoms with E-state index >= 15 is 0 Å². The Bertz CT molecular complexity index is 413. The molecule has 1 fully saturated rings. The molecule has 0 bridgehead atoms. The molecular weight excluding hydrogens is 239 g/mol. The van der Waals surface area contributed by atoms with Crippen LogP contribution < -0.4 is 10.6 Å². The van der Waals surface area contributed by atoms with Crippen LogP contribution in [-0.4, -0.2) is 18.6 Å². The van der Waals surface area contributed by atoms with Gasteiger partial charge in [-0.3, -0.25) is 0 Å². The zero-order valence-electron chi connectivity index (χ0n) is 12.0. The van der Waals surface area contributed by atoms with Gasteiger partial charge in [0.2, 0.25) is 0 Å². The van der Waals surface area contributed by atoms with Gasteiger partial charge in [0.05, 0.1) is 5.69 Å². The first-order valence-electron chi connectivity index (χ1n) is 7.43. The number of nitrogens with zero attached hydrogens (tertiary/aromatic N) is 1. The molecule has 0 aromatic heterocycles. The molecule has 1 saturated carbocycles. The first-order valence-corrected chi connectivity index (χ1v) is 7.43. The fraction of sp³-hybridized carbons (Fsp3) is 0.625. The van der Waals surface area contributed by atoms with Crippen LogP contribution in [0.2, 0.25) is 0 Å². The molecule has 0 aliphatic heterocycles. The van der Waals surface area contributed by atoms with Gasteiger partial charge in [0.25, 0.3) is 0 Å². The molecule has 1 aromatic rings. The van der Waals surface area contributed by atoms with Crippen molar-refractivity contribution in [2.24, 2.45) is 5.73 Å². The number of halogens is 1. The maximum absolute atomic E-state index is 14.3. The smallest absolute Gasteiger partial charge is 0.146 e. The molecule has 2 N–H and O–H groups in total. The Morgan fingerprint density at radius 1 is 1.42 bits per heavy atom. The summed E-state index contributed by atoms with van der Waals surface area (Å²) in [7, 11) is 0. The van der Waals surface area contributed by atoms with Crippen molar-refractivity contribution in [1.82, 2.24) is 0 Å². The van der Waals surface area contributed by atoms with Crippen LogP contribution in [-0.2, 0) is 6.42 Å². The van der Waals surface area contributed by atoms with E-state index in [4.69, 9.17) is 5.73 Å². The lowest BCUT2D eigenvalue weighted by molar-refractivity contribution is 0.603. The summed E-state index contributed by atoms with van der Waals surface area (Å²) in [5.74, 6) is -0.0962. The second kappa shape index (κ2) is 6.38. The SMILES string of the molecule is CCCCN(c1c(F)cccc1CC(C)N)C1CC1. The van der Waals surface area contributed by atoms with Gasteiger partial charge in [0.15, 0.2) is 0 Å². The van der Waals surface area contributed by atoms with E-state index in [1.807, 2.05) is 13.0 Å². The molecule has 0 heterocycles. The van der Waals surface area contributed by atoms with Crippen molar-refractivity contribution in [1.29, 1.82) is 0 Å². The molecule has 0 amide bonds. The van der Waals surface area contributed by atoms with E-state index in [1.165, 1.54) is 12.8 Å². The minimum absolute atomic E-state index is 0.0628. The fourth-order valence-corrected chi connectivity index (χ4v) is 2.58. The zero-order valence-corrected chi connectivity index (χ0v) is 12.0. The summed E-state index contributed by atoms with van der Waals surface area (Å²) in [4.78, 5) is 2.27. The third-order valence-electron chi connectivity index (χ3n) is 3.64. The fourth-order valence-electron chi connectivity index (χ4n) is 2.58. The van der Waals surface area contributed by atoms with Crippen LogP contribution in [0.5, 0.6) is 0 Å². The van der Waals surface area contributed by atoms with E-state index in [9.17, 15) is 4.39 Å². The van der Waals surface area contributed by atoms with Crippen LogP contribution in [0.3, 0.4) is 0 Å². The van der Waals surface area contributed by atoms with Gasteiger partial charge in [-0.2, -0.15) is 0 Å². The van der Waals surface area contributed by atoms with Crippen LogP contribution in [0.15, 0.2) is 18.2 Å². The standard InChI is InChI=1S/C16H25FN2/c1-3-4-10-19(14-8-9-14)16-13(11-12(2)18)6-5-7-15(16)17/h5-7,12,14H,3-4,8-11,18H2,1-2H3. The van der Waals surface area contributed by atoms with Crippen molar-refractivity contribution >= 4 is 5.69 Å². The number of benzene rings is 1. The lowest BCUT2D eigenvalue weighted by Crippen LogP contribution is -2.30. The molecule has 0 spiro atoms. The van der Waals surface area contributed by atoms with Crippen LogP contribution in [0.25, 0.3) is 0 Å². The van der Waals surface area contributed by atoms with Gasteiger partial charge in [-0.1, -0.05) is 25.5 Å². The summed E-state index contributed by atoms with van der Waals surface area (Å²) in [6.45, 7) is 5.10. The van der Waals surface area contributed by atoms with Gasteiger partial charge in [-0.25, -0.2) is 4.39 Å². The highest BCUT2D eigenvalue weighted by atomic mass is 19.1. The molecule has 1 aliphatic carbocycles. The van der Waals surface area contributed by atoms with Gasteiger partial charge in [0, 0.05) is 18.6 Å². The molecule has 106 valence electrons. The molecule has 0 radical (unpaired) electrons. The lowest BCUT2D eigenvalue weighted by Gasteiger charge is -2.28. The highest BCUT2D eigenvalue weighted by Gasteiger charge is 2.31. The quantitative estimate of drug-likeness (QED) is 0.817. The Morgan fingerprint density at radius 2 is 2.16 bits per heavy atom. The maximum atomic E-state index is 14.3. The Hall–Kier alpha value is -1.09. The molecule has 1 aliphatic rings. The van der Waals surface area contributed by atoms with E-state index in [0.717, 1.165) is 37.1 Å². The van der Waals surface area contributed by atoms with Crippen molar-refractivity contribution in [2.75, 3.05) is 11.4 Å². The maximum Gasteiger partial charge on any atom is 0.146 e. The van der Waals surface area contributed by atoms with Crippen LogP contribution in [0, 0.1) is 5.82 Å². The third kappa shape index (κ3) is 3.69. The molecule has 2 nitrogen and oxygen atoms in total. The number of unbranched alkanes of at least 4 members (excludes halogenated alkanes) is 1. The minimum Gasteiger partial charge on any atom is -0.366 e. The van der Waals surface area contributed by atoms with Gasteiger partial charge in [0.1, 0.15) is 5.82 Å². The first kappa shape index (κ1) is 14.3. The summed E-state index contributed by atoms with van der Waals surface area (Å²) < 4.78 is 14.3. The predicted octanol–water partition coefficient (Wildman–Crippen LogP) is 3.48. The Kier molecular flexibility index (Phi) is 4.81. The highest BCUT2D eigenvalue weighted by molar-refractivity contribution is 5.57. The van der Waals surface area contributed by atoms with Crippen LogP contribution in [0.1, 0.15) is 45.1 Å². The average molecular weight is 264 g/mol. The summed E-state index contributed by atoms with van der Waals surface area (Å²) in [5.41, 5.74) is 7.75. The number of nitrogens with two attached hydrogens (primary N) is 1. The molecule has 1 atom stereocenters. The monoisotopic (exact) mass is 264 g/mol. The van der Waals surface area contributed by atoms with Gasteiger partial charge in [-0.05, 0) is 44.2 Å². The number of anilines is 1. The molecule has 3 heteroatoms. The van der Waals surface area contributed by atoms with Crippen molar-refractivity contribution in [2.45, 2.75) is 58.0 Å². The lowest BCUT2D eigenvalue weighted by atomic mass is 10.0. The molecule has 0 saturated heterocycles. The normalized spacial score (nSPS) is 16.4. The third-order valence-corrected chi connectivity index (χ3v) is 3.64. The van der Waals surface area contributed by atoms with E-state index < -0.39 is 0 Å². The first-order chi connectivity index (χ1) is 9.13. The number of hydrogen-bond donors (Lipinski definition) is 1. The highest BCUT2D eigenvalue weighted by Crippen LogP contribution is 2.36. The molecule has 2 rings (SSSR count). The van der Waals surface area contributed by atoms with Crippen molar-refractivity contribution < 1.29 is 4.39 Å². The zero-order chi connectivity index (χ0) is 13.8. The number of para-hydroxylation sites is 1. The van der Waals surface area contributed by atoms with E-state index in [1.54, 1.807) is 12.1 Å². The number of rotatable bonds is 7. The van der Waals surface area contributed by atoms with Crippen molar-refractivity contribution in [3.63, 3.8) is 0 Å². The summed E-state index contributed by atoms with van der Waals surface area (Å²) >= 11 is 0.